The molecule has 2 aromatic carbocycles. The van der Waals surface area contributed by atoms with Crippen molar-refractivity contribution in [3.05, 3.63) is 82.3 Å². The van der Waals surface area contributed by atoms with Crippen molar-refractivity contribution in [2.24, 2.45) is 0 Å². The Bertz CT molecular complexity index is 1270. The van der Waals surface area contributed by atoms with E-state index in [2.05, 4.69) is 25.3 Å². The van der Waals surface area contributed by atoms with Crippen molar-refractivity contribution in [2.45, 2.75) is 25.7 Å². The summed E-state index contributed by atoms with van der Waals surface area (Å²) < 4.78 is 0. The molecule has 0 bridgehead atoms. The molecule has 7 heteroatoms. The van der Waals surface area contributed by atoms with E-state index in [0.717, 1.165) is 27.9 Å². The second kappa shape index (κ2) is 7.46. The van der Waals surface area contributed by atoms with Crippen molar-refractivity contribution in [2.75, 3.05) is 5.32 Å². The van der Waals surface area contributed by atoms with Crippen LogP contribution in [0.1, 0.15) is 39.6 Å². The molecule has 2 aromatic heterocycles. The van der Waals surface area contributed by atoms with Crippen LogP contribution < -0.4 is 5.32 Å². The number of rotatable bonds is 3. The Kier molecular flexibility index (Phi) is 4.64. The normalized spacial score (nSPS) is 15.8. The summed E-state index contributed by atoms with van der Waals surface area (Å²) in [5, 5.41) is 4.78. The number of ketones is 1. The van der Waals surface area contributed by atoms with E-state index in [4.69, 9.17) is 11.6 Å². The average Bonchev–Trinajstić information content (AvgIpc) is 2.74. The zero-order valence-corrected chi connectivity index (χ0v) is 17.0. The van der Waals surface area contributed by atoms with E-state index in [9.17, 15) is 4.79 Å². The van der Waals surface area contributed by atoms with Crippen molar-refractivity contribution >= 4 is 40.2 Å². The van der Waals surface area contributed by atoms with Gasteiger partial charge in [-0.3, -0.25) is 10.1 Å². The lowest BCUT2D eigenvalue weighted by atomic mass is 9.82. The van der Waals surface area contributed by atoms with Crippen LogP contribution in [-0.4, -0.2) is 25.7 Å². The summed E-state index contributed by atoms with van der Waals surface area (Å²) in [6.45, 7) is 1.94. The topological polar surface area (TPSA) is 80.7 Å². The van der Waals surface area contributed by atoms with Crippen LogP contribution in [0.5, 0.6) is 0 Å². The number of nitrogens with zero attached hydrogens (tertiary/aromatic N) is 4. The number of nitrogens with one attached hydrogen (secondary N) is 1. The number of hydrogen-bond donors (Lipinski definition) is 1. The number of para-hydroxylation sites is 1. The highest BCUT2D eigenvalue weighted by molar-refractivity contribution is 6.30. The van der Waals surface area contributed by atoms with Crippen LogP contribution in [0, 0.1) is 6.92 Å². The van der Waals surface area contributed by atoms with Gasteiger partial charge in [-0.15, -0.1) is 0 Å². The van der Waals surface area contributed by atoms with E-state index >= 15 is 0 Å². The van der Waals surface area contributed by atoms with Gasteiger partial charge in [-0.1, -0.05) is 41.9 Å². The summed E-state index contributed by atoms with van der Waals surface area (Å²) in [5.74, 6) is 0.945. The zero-order chi connectivity index (χ0) is 20.7. The Labute approximate surface area is 178 Å². The molecular formula is C23H18ClN5O. The third-order valence-corrected chi connectivity index (χ3v) is 5.65. The fraction of sp³-hybridized carbons (Fsp3) is 0.174. The van der Waals surface area contributed by atoms with Gasteiger partial charge in [-0.2, -0.15) is 0 Å². The van der Waals surface area contributed by atoms with Crippen LogP contribution in [0.15, 0.2) is 54.7 Å². The number of carbonyl (C=O) groups is 1. The molecule has 1 atom stereocenters. The SMILES string of the molecule is Cc1nc(Nc2ncc3c(n2)C[C@H](c2ccc(Cl)cc2)CC3=O)nc2ccccc12. The van der Waals surface area contributed by atoms with Gasteiger partial charge in [0.15, 0.2) is 5.78 Å². The predicted molar refractivity (Wildman–Crippen MR) is 116 cm³/mol. The van der Waals surface area contributed by atoms with E-state index in [-0.39, 0.29) is 11.7 Å². The molecule has 0 amide bonds. The molecule has 0 spiro atoms. The highest BCUT2D eigenvalue weighted by atomic mass is 35.5. The summed E-state index contributed by atoms with van der Waals surface area (Å²) in [6, 6.07) is 15.5. The maximum absolute atomic E-state index is 12.6. The molecule has 0 fully saturated rings. The van der Waals surface area contributed by atoms with E-state index < -0.39 is 0 Å². The molecule has 5 rings (SSSR count). The van der Waals surface area contributed by atoms with Gasteiger partial charge in [0.05, 0.1) is 22.5 Å². The van der Waals surface area contributed by atoms with Gasteiger partial charge < -0.3 is 0 Å². The van der Waals surface area contributed by atoms with E-state index in [1.54, 1.807) is 6.20 Å². The Morgan fingerprint density at radius 3 is 2.60 bits per heavy atom. The minimum atomic E-state index is 0.0561. The Morgan fingerprint density at radius 1 is 0.967 bits per heavy atom. The van der Waals surface area contributed by atoms with Crippen LogP contribution in [0.3, 0.4) is 0 Å². The first-order chi connectivity index (χ1) is 14.6. The van der Waals surface area contributed by atoms with Crippen LogP contribution in [-0.2, 0) is 6.42 Å². The molecule has 148 valence electrons. The van der Waals surface area contributed by atoms with Crippen molar-refractivity contribution in [3.8, 4) is 0 Å². The minimum absolute atomic E-state index is 0.0561. The van der Waals surface area contributed by atoms with Gasteiger partial charge in [0, 0.05) is 23.0 Å². The van der Waals surface area contributed by atoms with Crippen LogP contribution >= 0.6 is 11.6 Å². The average molecular weight is 416 g/mol. The number of aromatic nitrogens is 4. The molecule has 1 N–H and O–H groups in total. The first-order valence-corrected chi connectivity index (χ1v) is 10.1. The van der Waals surface area contributed by atoms with E-state index in [1.165, 1.54) is 0 Å². The van der Waals surface area contributed by atoms with Gasteiger partial charge >= 0.3 is 0 Å². The number of Topliss-reactive ketones (excluding diaryl/α,β-unsaturated/α-hetero) is 1. The molecule has 0 unspecified atom stereocenters. The fourth-order valence-corrected chi connectivity index (χ4v) is 3.99. The summed E-state index contributed by atoms with van der Waals surface area (Å²) in [4.78, 5) is 30.6. The minimum Gasteiger partial charge on any atom is -0.294 e. The largest absolute Gasteiger partial charge is 0.294 e. The van der Waals surface area contributed by atoms with E-state index in [0.29, 0.717) is 35.3 Å². The number of anilines is 2. The number of carbonyl (C=O) groups excluding carboxylic acids is 1. The third kappa shape index (κ3) is 3.50. The fourth-order valence-electron chi connectivity index (χ4n) is 3.87. The summed E-state index contributed by atoms with van der Waals surface area (Å²) in [7, 11) is 0. The molecule has 4 aromatic rings. The number of benzene rings is 2. The first kappa shape index (κ1) is 18.6. The summed E-state index contributed by atoms with van der Waals surface area (Å²) in [5.41, 5.74) is 4.13. The monoisotopic (exact) mass is 415 g/mol. The summed E-state index contributed by atoms with van der Waals surface area (Å²) >= 11 is 6.00. The molecular weight excluding hydrogens is 398 g/mol. The van der Waals surface area contributed by atoms with Crippen molar-refractivity contribution in [3.63, 3.8) is 0 Å². The van der Waals surface area contributed by atoms with Gasteiger partial charge in [0.1, 0.15) is 0 Å². The van der Waals surface area contributed by atoms with Crippen LogP contribution in [0.25, 0.3) is 10.9 Å². The van der Waals surface area contributed by atoms with Crippen molar-refractivity contribution < 1.29 is 4.79 Å². The predicted octanol–water partition coefficient (Wildman–Crippen LogP) is 5.04. The smallest absolute Gasteiger partial charge is 0.230 e. The standard InChI is InChI=1S/C23H18ClN5O/c1-13-17-4-2-3-5-19(17)27-23(26-13)29-22-25-12-18-20(28-22)10-15(11-21(18)30)14-6-8-16(24)9-7-14/h2-9,12,15H,10-11H2,1H3,(H,25,26,27,28,29)/t15-/m0/s1. The molecule has 1 aliphatic rings. The summed E-state index contributed by atoms with van der Waals surface area (Å²) in [6.07, 6.45) is 2.70. The maximum atomic E-state index is 12.6. The zero-order valence-electron chi connectivity index (χ0n) is 16.3. The van der Waals surface area contributed by atoms with Gasteiger partial charge in [0.2, 0.25) is 11.9 Å². The molecule has 0 aliphatic heterocycles. The maximum Gasteiger partial charge on any atom is 0.230 e. The number of aryl methyl sites for hydroxylation is 1. The van der Waals surface area contributed by atoms with Gasteiger partial charge in [0.25, 0.3) is 0 Å². The lowest BCUT2D eigenvalue weighted by molar-refractivity contribution is 0.0962. The van der Waals surface area contributed by atoms with Gasteiger partial charge in [-0.25, -0.2) is 19.9 Å². The Morgan fingerprint density at radius 2 is 1.77 bits per heavy atom. The number of hydrogen-bond acceptors (Lipinski definition) is 6. The first-order valence-electron chi connectivity index (χ1n) is 9.72. The molecule has 0 saturated carbocycles. The Balaban J connectivity index is 1.45. The van der Waals surface area contributed by atoms with Crippen molar-refractivity contribution in [1.29, 1.82) is 0 Å². The molecule has 2 heterocycles. The van der Waals surface area contributed by atoms with Crippen LogP contribution in [0.4, 0.5) is 11.9 Å². The van der Waals surface area contributed by atoms with Crippen molar-refractivity contribution in [1.82, 2.24) is 19.9 Å². The number of halogens is 1. The van der Waals surface area contributed by atoms with E-state index in [1.807, 2.05) is 55.5 Å². The lowest BCUT2D eigenvalue weighted by Crippen LogP contribution is -2.21. The highest BCUT2D eigenvalue weighted by Gasteiger charge is 2.28. The lowest BCUT2D eigenvalue weighted by Gasteiger charge is -2.23. The Hall–Kier alpha value is -3.38. The quantitative estimate of drug-likeness (QED) is 0.505. The highest BCUT2D eigenvalue weighted by Crippen LogP contribution is 2.32. The van der Waals surface area contributed by atoms with Gasteiger partial charge in [-0.05, 0) is 43.0 Å². The number of fused-ring (bicyclic) bond motifs is 2. The molecule has 30 heavy (non-hydrogen) atoms. The molecule has 1 aliphatic carbocycles. The van der Waals surface area contributed by atoms with Crippen LogP contribution in [0.2, 0.25) is 5.02 Å². The second-order valence-electron chi connectivity index (χ2n) is 7.41. The molecule has 6 nitrogen and oxygen atoms in total. The molecule has 0 radical (unpaired) electrons. The molecule has 0 saturated heterocycles. The third-order valence-electron chi connectivity index (χ3n) is 5.40. The second-order valence-corrected chi connectivity index (χ2v) is 7.85.